The summed E-state index contributed by atoms with van der Waals surface area (Å²) in [5.41, 5.74) is 7.64. The maximum absolute atomic E-state index is 12.7. The summed E-state index contributed by atoms with van der Waals surface area (Å²) < 4.78 is 7.14. The van der Waals surface area contributed by atoms with Gasteiger partial charge in [0.05, 0.1) is 16.8 Å². The minimum absolute atomic E-state index is 0.000000000000000444. The highest BCUT2D eigenvalue weighted by Crippen LogP contribution is 2.36. The number of anilines is 1. The Kier molecular flexibility index (Phi) is 3.62. The number of fused-ring (bicyclic) bond motifs is 1. The molecule has 1 saturated heterocycles. The van der Waals surface area contributed by atoms with Crippen LogP contribution in [0, 0.1) is 6.92 Å². The summed E-state index contributed by atoms with van der Waals surface area (Å²) in [6.45, 7) is 3.35. The van der Waals surface area contributed by atoms with Gasteiger partial charge in [0, 0.05) is 33.4 Å². The second-order valence-electron chi connectivity index (χ2n) is 5.49. The Morgan fingerprint density at radius 3 is 2.76 bits per heavy atom. The lowest BCUT2D eigenvalue weighted by Crippen LogP contribution is -2.40. The van der Waals surface area contributed by atoms with Crippen molar-refractivity contribution in [3.8, 4) is 0 Å². The molecule has 3 heterocycles. The van der Waals surface area contributed by atoms with E-state index >= 15 is 0 Å². The van der Waals surface area contributed by atoms with Crippen molar-refractivity contribution in [2.45, 2.75) is 25.8 Å². The number of nitrogens with two attached hydrogens (primary N) is 1. The number of ether oxygens (including phenoxy) is 1. The van der Waals surface area contributed by atoms with Crippen molar-refractivity contribution >= 4 is 33.1 Å². The number of carbonyl (C=O) groups excluding carboxylic acids is 1. The summed E-state index contributed by atoms with van der Waals surface area (Å²) in [6.07, 6.45) is 1.77. The molecule has 0 unspecified atom stereocenters. The van der Waals surface area contributed by atoms with Gasteiger partial charge in [0.2, 0.25) is 0 Å². The Morgan fingerprint density at radius 2 is 2.14 bits per heavy atom. The van der Waals surface area contributed by atoms with E-state index in [0.717, 1.165) is 28.8 Å². The average Bonchev–Trinajstić information content (AvgIpc) is 2.97. The summed E-state index contributed by atoms with van der Waals surface area (Å²) in [4.78, 5) is 16.1. The highest BCUT2D eigenvalue weighted by atomic mass is 32.1. The number of rotatable bonds is 2. The first-order chi connectivity index (χ1) is 10.0. The van der Waals surface area contributed by atoms with Crippen molar-refractivity contribution < 1.29 is 9.53 Å². The molecule has 0 bridgehead atoms. The minimum Gasteiger partial charge on any atom is -0.397 e. The van der Waals surface area contributed by atoms with Crippen LogP contribution in [0.2, 0.25) is 0 Å². The number of nitrogen functional groups attached to an aromatic ring is 1. The quantitative estimate of drug-likeness (QED) is 0.917. The minimum atomic E-state index is 0.000000000000000444. The van der Waals surface area contributed by atoms with Gasteiger partial charge >= 0.3 is 0 Å². The van der Waals surface area contributed by atoms with E-state index in [2.05, 4.69) is 5.10 Å². The zero-order chi connectivity index (χ0) is 15.1. The molecule has 0 radical (unpaired) electrons. The van der Waals surface area contributed by atoms with E-state index in [-0.39, 0.29) is 11.9 Å². The molecule has 7 heteroatoms. The Bertz CT molecular complexity index is 685. The van der Waals surface area contributed by atoms with Crippen molar-refractivity contribution in [3.05, 3.63) is 10.6 Å². The number of hydrogen-bond acceptors (Lipinski definition) is 5. The highest BCUT2D eigenvalue weighted by Gasteiger charge is 2.28. The van der Waals surface area contributed by atoms with Crippen LogP contribution >= 0.6 is 11.3 Å². The summed E-state index contributed by atoms with van der Waals surface area (Å²) >= 11 is 1.42. The topological polar surface area (TPSA) is 73.4 Å². The molecule has 0 aromatic carbocycles. The molecule has 21 heavy (non-hydrogen) atoms. The van der Waals surface area contributed by atoms with Gasteiger partial charge in [-0.1, -0.05) is 0 Å². The van der Waals surface area contributed by atoms with Crippen LogP contribution in [0.3, 0.4) is 0 Å². The Hall–Kier alpha value is -1.60. The Balaban J connectivity index is 1.94. The van der Waals surface area contributed by atoms with E-state index in [1.165, 1.54) is 11.3 Å². The second kappa shape index (κ2) is 5.31. The molecule has 2 aromatic heterocycles. The normalized spacial score (nSPS) is 16.5. The third-order valence-corrected chi connectivity index (χ3v) is 5.40. The van der Waals surface area contributed by atoms with Gasteiger partial charge in [0.15, 0.2) is 0 Å². The molecule has 114 valence electrons. The van der Waals surface area contributed by atoms with Crippen LogP contribution in [0.25, 0.3) is 10.2 Å². The summed E-state index contributed by atoms with van der Waals surface area (Å²) in [5.74, 6) is 0.000000000000000444. The molecule has 0 aliphatic carbocycles. The van der Waals surface area contributed by atoms with Crippen LogP contribution < -0.4 is 5.73 Å². The largest absolute Gasteiger partial charge is 0.397 e. The molecule has 2 N–H and O–H groups in total. The number of hydrogen-bond donors (Lipinski definition) is 1. The van der Waals surface area contributed by atoms with Gasteiger partial charge < -0.3 is 15.4 Å². The van der Waals surface area contributed by atoms with Gasteiger partial charge in [0.1, 0.15) is 9.71 Å². The monoisotopic (exact) mass is 308 g/mol. The molecule has 1 aliphatic rings. The standard InChI is InChI=1S/C14H20N4O2S/c1-8-10-11(15)12(21-14(10)18(3)16-8)13(19)17(2)9-4-6-20-7-5-9/h9H,4-7,15H2,1-3H3. The zero-order valence-electron chi connectivity index (χ0n) is 12.5. The second-order valence-corrected chi connectivity index (χ2v) is 6.49. The van der Waals surface area contributed by atoms with Crippen LogP contribution in [0.15, 0.2) is 0 Å². The fraction of sp³-hybridized carbons (Fsp3) is 0.571. The van der Waals surface area contributed by atoms with Crippen molar-refractivity contribution in [2.75, 3.05) is 26.0 Å². The molecule has 3 rings (SSSR count). The summed E-state index contributed by atoms with van der Waals surface area (Å²) in [5, 5.41) is 5.26. The lowest BCUT2D eigenvalue weighted by atomic mass is 10.1. The van der Waals surface area contributed by atoms with Crippen LogP contribution in [0.4, 0.5) is 5.69 Å². The fourth-order valence-corrected chi connectivity index (χ4v) is 4.06. The number of thiophene rings is 1. The van der Waals surface area contributed by atoms with Gasteiger partial charge in [0.25, 0.3) is 5.91 Å². The van der Waals surface area contributed by atoms with Crippen molar-refractivity contribution in [1.29, 1.82) is 0 Å². The van der Waals surface area contributed by atoms with Gasteiger partial charge in [-0.15, -0.1) is 11.3 Å². The lowest BCUT2D eigenvalue weighted by Gasteiger charge is -2.31. The first-order valence-corrected chi connectivity index (χ1v) is 7.88. The average molecular weight is 308 g/mol. The molecule has 1 fully saturated rings. The van der Waals surface area contributed by atoms with Gasteiger partial charge in [-0.2, -0.15) is 5.10 Å². The number of aromatic nitrogens is 2. The predicted octanol–water partition coefficient (Wildman–Crippen LogP) is 1.78. The molecule has 1 aliphatic heterocycles. The highest BCUT2D eigenvalue weighted by molar-refractivity contribution is 7.21. The smallest absolute Gasteiger partial charge is 0.266 e. The molecular formula is C14H20N4O2S. The first-order valence-electron chi connectivity index (χ1n) is 7.07. The molecule has 6 nitrogen and oxygen atoms in total. The SMILES string of the molecule is Cc1nn(C)c2sc(C(=O)N(C)C3CCOCC3)c(N)c12. The van der Waals surface area contributed by atoms with E-state index in [9.17, 15) is 4.79 Å². The maximum atomic E-state index is 12.7. The van der Waals surface area contributed by atoms with Crippen LogP contribution in [0.1, 0.15) is 28.2 Å². The number of amides is 1. The maximum Gasteiger partial charge on any atom is 0.266 e. The van der Waals surface area contributed by atoms with Crippen molar-refractivity contribution in [2.24, 2.45) is 7.05 Å². The predicted molar refractivity (Wildman–Crippen MR) is 83.7 cm³/mol. The molecule has 2 aromatic rings. The summed E-state index contributed by atoms with van der Waals surface area (Å²) in [6, 6.07) is 0.232. The molecule has 1 amide bonds. The lowest BCUT2D eigenvalue weighted by molar-refractivity contribution is 0.0365. The number of aryl methyl sites for hydroxylation is 2. The van der Waals surface area contributed by atoms with Crippen LogP contribution in [-0.4, -0.2) is 46.9 Å². The van der Waals surface area contributed by atoms with Gasteiger partial charge in [-0.3, -0.25) is 9.48 Å². The van der Waals surface area contributed by atoms with Gasteiger partial charge in [-0.05, 0) is 19.8 Å². The van der Waals surface area contributed by atoms with E-state index < -0.39 is 0 Å². The Labute approximate surface area is 127 Å². The molecule has 0 atom stereocenters. The fourth-order valence-electron chi connectivity index (χ4n) is 2.89. The third-order valence-electron chi connectivity index (χ3n) is 4.14. The molecular weight excluding hydrogens is 288 g/mol. The van der Waals surface area contributed by atoms with E-state index in [4.69, 9.17) is 10.5 Å². The number of nitrogens with zero attached hydrogens (tertiary/aromatic N) is 3. The van der Waals surface area contributed by atoms with Crippen molar-refractivity contribution in [3.63, 3.8) is 0 Å². The van der Waals surface area contributed by atoms with Gasteiger partial charge in [-0.25, -0.2) is 0 Å². The Morgan fingerprint density at radius 1 is 1.48 bits per heavy atom. The zero-order valence-corrected chi connectivity index (χ0v) is 13.4. The summed E-state index contributed by atoms with van der Waals surface area (Å²) in [7, 11) is 3.73. The molecule has 0 saturated carbocycles. The van der Waals surface area contributed by atoms with E-state index in [1.54, 1.807) is 4.68 Å². The van der Waals surface area contributed by atoms with Crippen molar-refractivity contribution in [1.82, 2.24) is 14.7 Å². The first kappa shape index (κ1) is 14.3. The van der Waals surface area contributed by atoms with Crippen LogP contribution in [0.5, 0.6) is 0 Å². The molecule has 0 spiro atoms. The number of carbonyl (C=O) groups is 1. The van der Waals surface area contributed by atoms with E-state index in [0.29, 0.717) is 23.8 Å². The third kappa shape index (κ3) is 2.30. The van der Waals surface area contributed by atoms with Crippen LogP contribution in [-0.2, 0) is 11.8 Å². The van der Waals surface area contributed by atoms with E-state index in [1.807, 2.05) is 25.9 Å².